The van der Waals surface area contributed by atoms with Gasteiger partial charge in [0, 0.05) is 25.8 Å². The van der Waals surface area contributed by atoms with E-state index < -0.39 is 0 Å². The normalized spacial score (nSPS) is 21.8. The Balaban J connectivity index is 1.61. The maximum Gasteiger partial charge on any atom is 0.257 e. The quantitative estimate of drug-likeness (QED) is 0.927. The molecule has 1 aliphatic carbocycles. The maximum absolute atomic E-state index is 13.3. The van der Waals surface area contributed by atoms with E-state index in [4.69, 9.17) is 0 Å². The summed E-state index contributed by atoms with van der Waals surface area (Å²) < 4.78 is 1.73. The largest absolute Gasteiger partial charge is 0.331 e. The van der Waals surface area contributed by atoms with Gasteiger partial charge in [-0.1, -0.05) is 0 Å². The summed E-state index contributed by atoms with van der Waals surface area (Å²) in [6.45, 7) is 4.77. The predicted molar refractivity (Wildman–Crippen MR) is 95.1 cm³/mol. The fraction of sp³-hybridized carbons (Fsp3) is 0.556. The van der Waals surface area contributed by atoms with Crippen molar-refractivity contribution < 1.29 is 4.79 Å². The topological polar surface area (TPSA) is 50.2 Å². The third kappa shape index (κ3) is 2.78. The Kier molecular flexibility index (Phi) is 3.96. The van der Waals surface area contributed by atoms with E-state index in [9.17, 15) is 4.79 Å². The Morgan fingerprint density at radius 1 is 1.50 bits per heavy atom. The van der Waals surface area contributed by atoms with Crippen LogP contribution in [0.5, 0.6) is 0 Å². The van der Waals surface area contributed by atoms with Gasteiger partial charge in [-0.25, -0.2) is 0 Å². The number of rotatable bonds is 4. The minimum Gasteiger partial charge on any atom is -0.331 e. The molecule has 2 aromatic rings. The van der Waals surface area contributed by atoms with Crippen molar-refractivity contribution >= 4 is 17.2 Å². The summed E-state index contributed by atoms with van der Waals surface area (Å²) >= 11 is 1.69. The van der Waals surface area contributed by atoms with Crippen molar-refractivity contribution in [3.05, 3.63) is 39.8 Å². The first kappa shape index (κ1) is 15.8. The molecule has 128 valence electrons. The van der Waals surface area contributed by atoms with Crippen molar-refractivity contribution in [2.45, 2.75) is 38.8 Å². The first-order valence-corrected chi connectivity index (χ1v) is 9.56. The molecular formula is C18H24N4OS. The molecule has 1 atom stereocenters. The second kappa shape index (κ2) is 6.01. The predicted octanol–water partition coefficient (Wildman–Crippen LogP) is 2.57. The lowest BCUT2D eigenvalue weighted by Gasteiger charge is -2.29. The Hall–Kier alpha value is -1.66. The summed E-state index contributed by atoms with van der Waals surface area (Å²) in [5, 5.41) is 12.0. The average Bonchev–Trinajstić information content (AvgIpc) is 2.92. The summed E-state index contributed by atoms with van der Waals surface area (Å²) in [5.74, 6) is 0.132. The SMILES string of the molecule is Cc1nn(C)cc1C(=O)N(Cc1ccsc1)C1CC12CCNCC2. The highest BCUT2D eigenvalue weighted by atomic mass is 32.1. The van der Waals surface area contributed by atoms with Gasteiger partial charge in [0.15, 0.2) is 0 Å². The molecule has 3 heterocycles. The van der Waals surface area contributed by atoms with Crippen molar-refractivity contribution in [1.29, 1.82) is 0 Å². The number of nitrogens with one attached hydrogen (secondary N) is 1. The fourth-order valence-electron chi connectivity index (χ4n) is 4.10. The molecule has 1 saturated carbocycles. The second-order valence-corrected chi connectivity index (χ2v) is 7.98. The van der Waals surface area contributed by atoms with Crippen molar-refractivity contribution in [3.63, 3.8) is 0 Å². The van der Waals surface area contributed by atoms with Crippen molar-refractivity contribution in [3.8, 4) is 0 Å². The molecule has 0 radical (unpaired) electrons. The van der Waals surface area contributed by atoms with Crippen LogP contribution in [0.25, 0.3) is 0 Å². The van der Waals surface area contributed by atoms with Gasteiger partial charge in [-0.15, -0.1) is 0 Å². The van der Waals surface area contributed by atoms with Crippen molar-refractivity contribution in [1.82, 2.24) is 20.0 Å². The monoisotopic (exact) mass is 344 g/mol. The Morgan fingerprint density at radius 3 is 2.92 bits per heavy atom. The van der Waals surface area contributed by atoms with E-state index in [0.29, 0.717) is 18.0 Å². The van der Waals surface area contributed by atoms with Gasteiger partial charge in [0.25, 0.3) is 5.91 Å². The van der Waals surface area contributed by atoms with E-state index in [1.165, 1.54) is 18.4 Å². The number of thiophene rings is 1. The molecule has 2 aromatic heterocycles. The lowest BCUT2D eigenvalue weighted by Crippen LogP contribution is -2.39. The number of hydrogen-bond donors (Lipinski definition) is 1. The van der Waals surface area contributed by atoms with Crippen LogP contribution in [0.3, 0.4) is 0 Å². The van der Waals surface area contributed by atoms with Crippen LogP contribution in [0.15, 0.2) is 23.0 Å². The van der Waals surface area contributed by atoms with Gasteiger partial charge < -0.3 is 10.2 Å². The van der Waals surface area contributed by atoms with Gasteiger partial charge in [-0.3, -0.25) is 9.48 Å². The molecule has 24 heavy (non-hydrogen) atoms. The number of aromatic nitrogens is 2. The highest BCUT2D eigenvalue weighted by Crippen LogP contribution is 2.56. The summed E-state index contributed by atoms with van der Waals surface area (Å²) in [6.07, 6.45) is 5.36. The number of carbonyl (C=O) groups excluding carboxylic acids is 1. The number of piperidine rings is 1. The zero-order valence-corrected chi connectivity index (χ0v) is 15.1. The van der Waals surface area contributed by atoms with Gasteiger partial charge >= 0.3 is 0 Å². The second-order valence-electron chi connectivity index (χ2n) is 7.20. The molecule has 0 bridgehead atoms. The molecule has 1 amide bonds. The summed E-state index contributed by atoms with van der Waals surface area (Å²) in [6, 6.07) is 2.49. The van der Waals surface area contributed by atoms with Crippen molar-refractivity contribution in [2.75, 3.05) is 13.1 Å². The smallest absolute Gasteiger partial charge is 0.257 e. The van der Waals surface area contributed by atoms with E-state index in [0.717, 1.165) is 30.8 Å². The minimum atomic E-state index is 0.132. The molecule has 2 fully saturated rings. The highest BCUT2D eigenvalue weighted by Gasteiger charge is 2.57. The van der Waals surface area contributed by atoms with Gasteiger partial charge in [-0.05, 0) is 67.1 Å². The average molecular weight is 344 g/mol. The van der Waals surface area contributed by atoms with Gasteiger partial charge in [-0.2, -0.15) is 16.4 Å². The maximum atomic E-state index is 13.3. The van der Waals surface area contributed by atoms with E-state index in [-0.39, 0.29) is 5.91 Å². The Labute approximate surface area is 146 Å². The van der Waals surface area contributed by atoms with Crippen LogP contribution < -0.4 is 5.32 Å². The molecule has 2 aliphatic rings. The summed E-state index contributed by atoms with van der Waals surface area (Å²) in [7, 11) is 1.87. The number of amides is 1. The third-order valence-electron chi connectivity index (χ3n) is 5.56. The number of hydrogen-bond acceptors (Lipinski definition) is 4. The molecule has 1 saturated heterocycles. The molecule has 0 aromatic carbocycles. The van der Waals surface area contributed by atoms with Crippen LogP contribution in [0.2, 0.25) is 0 Å². The molecule has 6 heteroatoms. The summed E-state index contributed by atoms with van der Waals surface area (Å²) in [5.41, 5.74) is 3.12. The van der Waals surface area contributed by atoms with Crippen molar-refractivity contribution in [2.24, 2.45) is 12.5 Å². The van der Waals surface area contributed by atoms with E-state index in [1.54, 1.807) is 16.0 Å². The Morgan fingerprint density at radius 2 is 2.29 bits per heavy atom. The number of nitrogens with zero attached hydrogens (tertiary/aromatic N) is 3. The lowest BCUT2D eigenvalue weighted by atomic mass is 9.93. The molecule has 1 aliphatic heterocycles. The van der Waals surface area contributed by atoms with Gasteiger partial charge in [0.05, 0.1) is 11.3 Å². The zero-order valence-electron chi connectivity index (χ0n) is 14.3. The van der Waals surface area contributed by atoms with E-state index >= 15 is 0 Å². The molecule has 1 spiro atoms. The number of carbonyl (C=O) groups is 1. The molecule has 4 rings (SSSR count). The lowest BCUT2D eigenvalue weighted by molar-refractivity contribution is 0.0691. The zero-order chi connectivity index (χ0) is 16.7. The number of aryl methyl sites for hydroxylation is 2. The highest BCUT2D eigenvalue weighted by molar-refractivity contribution is 7.07. The summed E-state index contributed by atoms with van der Waals surface area (Å²) in [4.78, 5) is 15.4. The standard InChI is InChI=1S/C18H24N4OS/c1-13-15(11-21(2)20-13)17(23)22(10-14-3-8-24-12-14)16-9-18(16)4-6-19-7-5-18/h3,8,11-12,16,19H,4-7,9-10H2,1-2H3. The van der Waals surface area contributed by atoms with Crippen LogP contribution in [-0.2, 0) is 13.6 Å². The third-order valence-corrected chi connectivity index (χ3v) is 6.29. The molecule has 5 nitrogen and oxygen atoms in total. The van der Waals surface area contributed by atoms with Crippen LogP contribution in [0.1, 0.15) is 40.9 Å². The Bertz CT molecular complexity index is 730. The first-order chi connectivity index (χ1) is 11.6. The van der Waals surface area contributed by atoms with Crippen LogP contribution in [-0.4, -0.2) is 39.7 Å². The fourth-order valence-corrected chi connectivity index (χ4v) is 4.76. The van der Waals surface area contributed by atoms with Crippen LogP contribution in [0.4, 0.5) is 0 Å². The van der Waals surface area contributed by atoms with Gasteiger partial charge in [0.2, 0.25) is 0 Å². The molecule has 1 unspecified atom stereocenters. The van der Waals surface area contributed by atoms with E-state index in [2.05, 4.69) is 32.1 Å². The minimum absolute atomic E-state index is 0.132. The van der Waals surface area contributed by atoms with Gasteiger partial charge in [0.1, 0.15) is 0 Å². The van der Waals surface area contributed by atoms with E-state index in [1.807, 2.05) is 20.2 Å². The molecular weight excluding hydrogens is 320 g/mol. The van der Waals surface area contributed by atoms with Crippen LogP contribution >= 0.6 is 11.3 Å². The molecule has 1 N–H and O–H groups in total. The van der Waals surface area contributed by atoms with Crippen LogP contribution in [0, 0.1) is 12.3 Å². The first-order valence-electron chi connectivity index (χ1n) is 8.62.